The van der Waals surface area contributed by atoms with Crippen molar-refractivity contribution in [2.24, 2.45) is 4.99 Å². The number of amides is 1. The molecule has 2 aromatic heterocycles. The summed E-state index contributed by atoms with van der Waals surface area (Å²) in [4.78, 5) is 34.0. The fourth-order valence-electron chi connectivity index (χ4n) is 2.93. The lowest BCUT2D eigenvalue weighted by Gasteiger charge is -2.05. The highest BCUT2D eigenvalue weighted by Crippen LogP contribution is 2.05. The van der Waals surface area contributed by atoms with Crippen molar-refractivity contribution in [3.05, 3.63) is 93.2 Å². The number of aryl methyl sites for hydroxylation is 1. The monoisotopic (exact) mass is 390 g/mol. The SMILES string of the molecule is O=C(CCn1cnc2ccccc2c1=O)N=c1sccn1Cc1ccccc1. The first-order chi connectivity index (χ1) is 13.7. The van der Waals surface area contributed by atoms with Gasteiger partial charge in [0.1, 0.15) is 0 Å². The molecule has 0 saturated carbocycles. The normalized spacial score (nSPS) is 11.8. The van der Waals surface area contributed by atoms with Crippen LogP contribution in [0.2, 0.25) is 0 Å². The molecular weight excluding hydrogens is 372 g/mol. The number of thiazole rings is 1. The van der Waals surface area contributed by atoms with Crippen LogP contribution in [0.1, 0.15) is 12.0 Å². The zero-order chi connectivity index (χ0) is 19.3. The maximum atomic E-state index is 12.5. The molecule has 6 nitrogen and oxygen atoms in total. The van der Waals surface area contributed by atoms with Crippen molar-refractivity contribution in [2.75, 3.05) is 0 Å². The molecule has 0 bridgehead atoms. The Hall–Kier alpha value is -3.32. The summed E-state index contributed by atoms with van der Waals surface area (Å²) in [6.45, 7) is 0.910. The van der Waals surface area contributed by atoms with E-state index < -0.39 is 0 Å². The number of rotatable bonds is 5. The van der Waals surface area contributed by atoms with E-state index in [1.165, 1.54) is 22.2 Å². The molecule has 0 aliphatic carbocycles. The van der Waals surface area contributed by atoms with Crippen LogP contribution in [0.4, 0.5) is 0 Å². The lowest BCUT2D eigenvalue weighted by atomic mass is 10.2. The van der Waals surface area contributed by atoms with Crippen LogP contribution in [0.3, 0.4) is 0 Å². The molecular formula is C21H18N4O2S. The lowest BCUT2D eigenvalue weighted by molar-refractivity contribution is -0.118. The number of nitrogens with zero attached hydrogens (tertiary/aromatic N) is 4. The number of fused-ring (bicyclic) bond motifs is 1. The second-order valence-electron chi connectivity index (χ2n) is 6.31. The van der Waals surface area contributed by atoms with E-state index in [-0.39, 0.29) is 24.4 Å². The van der Waals surface area contributed by atoms with Crippen LogP contribution in [0.5, 0.6) is 0 Å². The molecule has 4 rings (SSSR count). The smallest absolute Gasteiger partial charge is 0.261 e. The number of carbonyl (C=O) groups excluding carboxylic acids is 1. The molecule has 0 radical (unpaired) electrons. The van der Waals surface area contributed by atoms with E-state index in [0.717, 1.165) is 5.56 Å². The van der Waals surface area contributed by atoms with Gasteiger partial charge in [0, 0.05) is 31.1 Å². The van der Waals surface area contributed by atoms with Gasteiger partial charge in [-0.15, -0.1) is 11.3 Å². The molecule has 1 amide bonds. The number of hydrogen-bond acceptors (Lipinski definition) is 4. The summed E-state index contributed by atoms with van der Waals surface area (Å²) in [6.07, 6.45) is 3.55. The van der Waals surface area contributed by atoms with Gasteiger partial charge in [-0.1, -0.05) is 42.5 Å². The second kappa shape index (κ2) is 8.14. The maximum Gasteiger partial charge on any atom is 0.261 e. The molecule has 0 unspecified atom stereocenters. The Morgan fingerprint density at radius 3 is 2.68 bits per heavy atom. The van der Waals surface area contributed by atoms with Gasteiger partial charge in [-0.25, -0.2) is 4.98 Å². The van der Waals surface area contributed by atoms with Crippen LogP contribution in [0.15, 0.2) is 82.3 Å². The minimum Gasteiger partial charge on any atom is -0.319 e. The van der Waals surface area contributed by atoms with Crippen LogP contribution in [0, 0.1) is 0 Å². The average Bonchev–Trinajstić information content (AvgIpc) is 3.15. The number of aromatic nitrogens is 3. The fourth-order valence-corrected chi connectivity index (χ4v) is 3.68. The molecule has 140 valence electrons. The minimum absolute atomic E-state index is 0.142. The Kier molecular flexibility index (Phi) is 5.25. The number of carbonyl (C=O) groups is 1. The van der Waals surface area contributed by atoms with Crippen LogP contribution in [-0.2, 0) is 17.9 Å². The molecule has 2 heterocycles. The Morgan fingerprint density at radius 1 is 1.04 bits per heavy atom. The first-order valence-corrected chi connectivity index (χ1v) is 9.78. The zero-order valence-electron chi connectivity index (χ0n) is 15.1. The van der Waals surface area contributed by atoms with Gasteiger partial charge in [-0.3, -0.25) is 14.2 Å². The van der Waals surface area contributed by atoms with E-state index in [2.05, 4.69) is 9.98 Å². The van der Waals surface area contributed by atoms with E-state index in [4.69, 9.17) is 0 Å². The van der Waals surface area contributed by atoms with Gasteiger partial charge in [0.05, 0.1) is 17.2 Å². The van der Waals surface area contributed by atoms with Crippen LogP contribution in [0.25, 0.3) is 10.9 Å². The van der Waals surface area contributed by atoms with Gasteiger partial charge < -0.3 is 4.57 Å². The third kappa shape index (κ3) is 3.99. The summed E-state index contributed by atoms with van der Waals surface area (Å²) in [5.41, 5.74) is 1.65. The van der Waals surface area contributed by atoms with Crippen molar-refractivity contribution in [3.63, 3.8) is 0 Å². The highest BCUT2D eigenvalue weighted by Gasteiger charge is 2.07. The summed E-state index contributed by atoms with van der Waals surface area (Å²) >= 11 is 1.42. The molecule has 2 aromatic carbocycles. The topological polar surface area (TPSA) is 69.2 Å². The van der Waals surface area contributed by atoms with Crippen LogP contribution >= 0.6 is 11.3 Å². The third-order valence-corrected chi connectivity index (χ3v) is 5.17. The van der Waals surface area contributed by atoms with E-state index in [9.17, 15) is 9.59 Å². The summed E-state index contributed by atoms with van der Waals surface area (Å²) in [5.74, 6) is -0.260. The standard InChI is InChI=1S/C21H18N4O2S/c26-19(10-11-25-15-22-18-9-5-4-8-17(18)20(25)27)23-21-24(12-13-28-21)14-16-6-2-1-3-7-16/h1-9,12-13,15H,10-11,14H2. The van der Waals surface area contributed by atoms with Crippen LogP contribution < -0.4 is 10.4 Å². The highest BCUT2D eigenvalue weighted by atomic mass is 32.1. The lowest BCUT2D eigenvalue weighted by Crippen LogP contribution is -2.22. The number of hydrogen-bond donors (Lipinski definition) is 0. The number of benzene rings is 2. The molecule has 28 heavy (non-hydrogen) atoms. The summed E-state index contributed by atoms with van der Waals surface area (Å²) < 4.78 is 3.41. The van der Waals surface area contributed by atoms with Crippen molar-refractivity contribution >= 4 is 28.1 Å². The summed E-state index contributed by atoms with van der Waals surface area (Å²) in [6, 6.07) is 17.2. The molecule has 0 N–H and O–H groups in total. The fraction of sp³-hybridized carbons (Fsp3) is 0.143. The Labute approximate surface area is 165 Å². The van der Waals surface area contributed by atoms with Crippen molar-refractivity contribution in [1.82, 2.24) is 14.1 Å². The minimum atomic E-state index is -0.260. The van der Waals surface area contributed by atoms with E-state index in [1.54, 1.807) is 18.2 Å². The van der Waals surface area contributed by atoms with E-state index >= 15 is 0 Å². The molecule has 0 aliphatic heterocycles. The van der Waals surface area contributed by atoms with Gasteiger partial charge in [-0.2, -0.15) is 4.99 Å². The Morgan fingerprint density at radius 2 is 1.82 bits per heavy atom. The van der Waals surface area contributed by atoms with E-state index in [0.29, 0.717) is 22.2 Å². The molecule has 0 atom stereocenters. The number of para-hydroxylation sites is 1. The van der Waals surface area contributed by atoms with Crippen LogP contribution in [-0.4, -0.2) is 20.0 Å². The van der Waals surface area contributed by atoms with Gasteiger partial charge in [0.15, 0.2) is 4.80 Å². The third-order valence-electron chi connectivity index (χ3n) is 4.37. The van der Waals surface area contributed by atoms with Gasteiger partial charge in [0.2, 0.25) is 5.91 Å². The first kappa shape index (κ1) is 18.1. The van der Waals surface area contributed by atoms with E-state index in [1.807, 2.05) is 52.5 Å². The van der Waals surface area contributed by atoms with Crippen molar-refractivity contribution < 1.29 is 4.79 Å². The predicted molar refractivity (Wildman–Crippen MR) is 109 cm³/mol. The highest BCUT2D eigenvalue weighted by molar-refractivity contribution is 7.07. The molecule has 0 saturated heterocycles. The largest absolute Gasteiger partial charge is 0.319 e. The predicted octanol–water partition coefficient (Wildman–Crippen LogP) is 2.83. The zero-order valence-corrected chi connectivity index (χ0v) is 15.9. The second-order valence-corrected chi connectivity index (χ2v) is 7.19. The molecule has 0 fully saturated rings. The molecule has 7 heteroatoms. The Balaban J connectivity index is 1.49. The molecule has 4 aromatic rings. The average molecular weight is 390 g/mol. The summed E-state index contributed by atoms with van der Waals surface area (Å²) in [7, 11) is 0. The quantitative estimate of drug-likeness (QED) is 0.526. The maximum absolute atomic E-state index is 12.5. The molecule has 0 spiro atoms. The van der Waals surface area contributed by atoms with Gasteiger partial charge in [0.25, 0.3) is 5.56 Å². The molecule has 0 aliphatic rings. The van der Waals surface area contributed by atoms with Crippen molar-refractivity contribution in [1.29, 1.82) is 0 Å². The van der Waals surface area contributed by atoms with Crippen molar-refractivity contribution in [2.45, 2.75) is 19.5 Å². The van der Waals surface area contributed by atoms with Crippen molar-refractivity contribution in [3.8, 4) is 0 Å². The van der Waals surface area contributed by atoms with Gasteiger partial charge in [-0.05, 0) is 17.7 Å². The van der Waals surface area contributed by atoms with Gasteiger partial charge >= 0.3 is 0 Å². The summed E-state index contributed by atoms with van der Waals surface area (Å²) in [5, 5.41) is 2.46. The Bertz CT molecular complexity index is 1240. The first-order valence-electron chi connectivity index (χ1n) is 8.90.